The maximum absolute atomic E-state index is 11.4. The zero-order chi connectivity index (χ0) is 11.3. The Bertz CT molecular complexity index is 362. The standard InChI is InChI=1S/C9H11BrN2O3/c10-6-4-7(12-5-6)9(15)11-3-1-2-8(13)14/h4-5,12H,1-3H2,(H,11,15)(H,13,14). The van der Waals surface area contributed by atoms with Gasteiger partial charge in [0.1, 0.15) is 5.69 Å². The number of halogens is 1. The summed E-state index contributed by atoms with van der Waals surface area (Å²) < 4.78 is 0.804. The van der Waals surface area contributed by atoms with Crippen LogP contribution in [0.4, 0.5) is 0 Å². The lowest BCUT2D eigenvalue weighted by Crippen LogP contribution is -2.25. The number of carboxylic acids is 1. The predicted octanol–water partition coefficient (Wildman–Crippen LogP) is 1.37. The fraction of sp³-hybridized carbons (Fsp3) is 0.333. The van der Waals surface area contributed by atoms with E-state index in [0.717, 1.165) is 4.47 Å². The van der Waals surface area contributed by atoms with Crippen molar-refractivity contribution in [3.63, 3.8) is 0 Å². The van der Waals surface area contributed by atoms with Gasteiger partial charge in [-0.3, -0.25) is 9.59 Å². The van der Waals surface area contributed by atoms with E-state index in [4.69, 9.17) is 5.11 Å². The molecule has 6 heteroatoms. The lowest BCUT2D eigenvalue weighted by atomic mass is 10.3. The van der Waals surface area contributed by atoms with Gasteiger partial charge in [-0.25, -0.2) is 0 Å². The molecule has 0 unspecified atom stereocenters. The molecule has 1 rings (SSSR count). The minimum atomic E-state index is -0.855. The topological polar surface area (TPSA) is 82.2 Å². The number of hydrogen-bond acceptors (Lipinski definition) is 2. The number of carbonyl (C=O) groups is 2. The van der Waals surface area contributed by atoms with Crippen LogP contribution in [0.2, 0.25) is 0 Å². The van der Waals surface area contributed by atoms with Gasteiger partial charge >= 0.3 is 5.97 Å². The van der Waals surface area contributed by atoms with Crippen LogP contribution in [-0.2, 0) is 4.79 Å². The molecule has 0 aliphatic heterocycles. The Labute approximate surface area is 95.0 Å². The van der Waals surface area contributed by atoms with Gasteiger partial charge in [0.2, 0.25) is 0 Å². The molecule has 82 valence electrons. The van der Waals surface area contributed by atoms with E-state index in [1.54, 1.807) is 12.3 Å². The molecule has 3 N–H and O–H groups in total. The third kappa shape index (κ3) is 4.16. The highest BCUT2D eigenvalue weighted by molar-refractivity contribution is 9.10. The van der Waals surface area contributed by atoms with Crippen LogP contribution in [0, 0.1) is 0 Å². The second-order valence-corrected chi connectivity index (χ2v) is 3.90. The van der Waals surface area contributed by atoms with Crippen LogP contribution in [0.3, 0.4) is 0 Å². The summed E-state index contributed by atoms with van der Waals surface area (Å²) in [5.41, 5.74) is 0.456. The number of nitrogens with one attached hydrogen (secondary N) is 2. The summed E-state index contributed by atoms with van der Waals surface area (Å²) in [4.78, 5) is 24.4. The van der Waals surface area contributed by atoms with Gasteiger partial charge in [-0.2, -0.15) is 0 Å². The first kappa shape index (κ1) is 11.8. The number of carboxylic acid groups (broad SMARTS) is 1. The van der Waals surface area contributed by atoms with Crippen LogP contribution in [0.1, 0.15) is 23.3 Å². The first-order valence-electron chi connectivity index (χ1n) is 4.43. The van der Waals surface area contributed by atoms with Gasteiger partial charge in [0.05, 0.1) is 0 Å². The molecule has 0 spiro atoms. The quantitative estimate of drug-likeness (QED) is 0.710. The van der Waals surface area contributed by atoms with Crippen LogP contribution < -0.4 is 5.32 Å². The number of amides is 1. The van der Waals surface area contributed by atoms with Crippen molar-refractivity contribution in [2.75, 3.05) is 6.54 Å². The first-order chi connectivity index (χ1) is 7.09. The summed E-state index contributed by atoms with van der Waals surface area (Å²) in [6, 6.07) is 1.66. The predicted molar refractivity (Wildman–Crippen MR) is 57.7 cm³/mol. The Morgan fingerprint density at radius 1 is 1.53 bits per heavy atom. The monoisotopic (exact) mass is 274 g/mol. The summed E-state index contributed by atoms with van der Waals surface area (Å²) in [6.07, 6.45) is 2.16. The minimum absolute atomic E-state index is 0.0642. The van der Waals surface area contributed by atoms with Crippen molar-refractivity contribution in [3.05, 3.63) is 22.4 Å². The molecule has 0 aliphatic carbocycles. The maximum atomic E-state index is 11.4. The second-order valence-electron chi connectivity index (χ2n) is 2.98. The third-order valence-electron chi connectivity index (χ3n) is 1.75. The van der Waals surface area contributed by atoms with Crippen molar-refractivity contribution in [2.24, 2.45) is 0 Å². The molecule has 0 fully saturated rings. The van der Waals surface area contributed by atoms with Gasteiger partial charge in [-0.05, 0) is 28.4 Å². The normalized spacial score (nSPS) is 9.93. The largest absolute Gasteiger partial charge is 0.481 e. The number of H-pyrrole nitrogens is 1. The molecule has 1 heterocycles. The molecule has 1 aromatic rings. The number of aromatic amines is 1. The highest BCUT2D eigenvalue weighted by Crippen LogP contribution is 2.10. The molecular formula is C9H11BrN2O3. The SMILES string of the molecule is O=C(O)CCCNC(=O)c1cc(Br)c[nH]1. The van der Waals surface area contributed by atoms with E-state index < -0.39 is 5.97 Å². The Hall–Kier alpha value is -1.30. The summed E-state index contributed by atoms with van der Waals surface area (Å²) in [6.45, 7) is 0.363. The van der Waals surface area contributed by atoms with Crippen molar-refractivity contribution in [3.8, 4) is 0 Å². The zero-order valence-corrected chi connectivity index (χ0v) is 9.50. The molecular weight excluding hydrogens is 264 g/mol. The van der Waals surface area contributed by atoms with Crippen molar-refractivity contribution in [2.45, 2.75) is 12.8 Å². The lowest BCUT2D eigenvalue weighted by Gasteiger charge is -2.01. The molecule has 1 amide bonds. The average molecular weight is 275 g/mol. The minimum Gasteiger partial charge on any atom is -0.481 e. The number of rotatable bonds is 5. The summed E-state index contributed by atoms with van der Waals surface area (Å²) in [7, 11) is 0. The summed E-state index contributed by atoms with van der Waals surface area (Å²) >= 11 is 3.21. The maximum Gasteiger partial charge on any atom is 0.303 e. The third-order valence-corrected chi connectivity index (χ3v) is 2.20. The zero-order valence-electron chi connectivity index (χ0n) is 7.92. The lowest BCUT2D eigenvalue weighted by molar-refractivity contribution is -0.137. The number of carbonyl (C=O) groups excluding carboxylic acids is 1. The molecule has 0 aromatic carbocycles. The van der Waals surface area contributed by atoms with Crippen LogP contribution >= 0.6 is 15.9 Å². The van der Waals surface area contributed by atoms with E-state index in [1.165, 1.54) is 0 Å². The van der Waals surface area contributed by atoms with Crippen LogP contribution in [-0.4, -0.2) is 28.5 Å². The van der Waals surface area contributed by atoms with Crippen molar-refractivity contribution >= 4 is 27.8 Å². The van der Waals surface area contributed by atoms with Gasteiger partial charge in [-0.15, -0.1) is 0 Å². The second kappa shape index (κ2) is 5.55. The molecule has 0 radical (unpaired) electrons. The Morgan fingerprint density at radius 3 is 2.80 bits per heavy atom. The summed E-state index contributed by atoms with van der Waals surface area (Å²) in [5, 5.41) is 11.0. The van der Waals surface area contributed by atoms with Crippen molar-refractivity contribution in [1.82, 2.24) is 10.3 Å². The molecule has 0 saturated carbocycles. The number of hydrogen-bond donors (Lipinski definition) is 3. The molecule has 0 atom stereocenters. The Kier molecular flexibility index (Phi) is 4.36. The first-order valence-corrected chi connectivity index (χ1v) is 5.23. The Balaban J connectivity index is 2.28. The smallest absolute Gasteiger partial charge is 0.303 e. The fourth-order valence-corrected chi connectivity index (χ4v) is 1.38. The van der Waals surface area contributed by atoms with E-state index in [1.807, 2.05) is 0 Å². The van der Waals surface area contributed by atoms with Gasteiger partial charge in [0, 0.05) is 23.6 Å². The van der Waals surface area contributed by atoms with Crippen LogP contribution in [0.25, 0.3) is 0 Å². The van der Waals surface area contributed by atoms with E-state index in [0.29, 0.717) is 18.7 Å². The van der Waals surface area contributed by atoms with E-state index in [-0.39, 0.29) is 12.3 Å². The van der Waals surface area contributed by atoms with E-state index in [9.17, 15) is 9.59 Å². The molecule has 5 nitrogen and oxygen atoms in total. The van der Waals surface area contributed by atoms with Gasteiger partial charge in [0.25, 0.3) is 5.91 Å². The molecule has 0 aliphatic rings. The highest BCUT2D eigenvalue weighted by Gasteiger charge is 2.06. The van der Waals surface area contributed by atoms with E-state index in [2.05, 4.69) is 26.2 Å². The van der Waals surface area contributed by atoms with Gasteiger partial charge < -0.3 is 15.4 Å². The van der Waals surface area contributed by atoms with Crippen LogP contribution in [0.15, 0.2) is 16.7 Å². The van der Waals surface area contributed by atoms with Gasteiger partial charge in [0.15, 0.2) is 0 Å². The van der Waals surface area contributed by atoms with Crippen LogP contribution in [0.5, 0.6) is 0 Å². The van der Waals surface area contributed by atoms with Crippen molar-refractivity contribution < 1.29 is 14.7 Å². The number of aliphatic carboxylic acids is 1. The molecule has 15 heavy (non-hydrogen) atoms. The number of aromatic nitrogens is 1. The molecule has 0 saturated heterocycles. The Morgan fingerprint density at radius 2 is 2.27 bits per heavy atom. The molecule has 1 aromatic heterocycles. The average Bonchev–Trinajstić information content (AvgIpc) is 2.59. The van der Waals surface area contributed by atoms with E-state index >= 15 is 0 Å². The van der Waals surface area contributed by atoms with Gasteiger partial charge in [-0.1, -0.05) is 0 Å². The fourth-order valence-electron chi connectivity index (χ4n) is 1.04. The highest BCUT2D eigenvalue weighted by atomic mass is 79.9. The molecule has 0 bridgehead atoms. The van der Waals surface area contributed by atoms with Crippen molar-refractivity contribution in [1.29, 1.82) is 0 Å². The summed E-state index contributed by atoms with van der Waals surface area (Å²) in [5.74, 6) is -1.09.